The Labute approximate surface area is 252 Å². The molecule has 2 aromatic carbocycles. The molecule has 43 heavy (non-hydrogen) atoms. The molecule has 8 heteroatoms. The van der Waals surface area contributed by atoms with E-state index in [4.69, 9.17) is 4.74 Å². The van der Waals surface area contributed by atoms with Crippen LogP contribution in [0.2, 0.25) is 0 Å². The van der Waals surface area contributed by atoms with E-state index in [9.17, 15) is 15.3 Å². The van der Waals surface area contributed by atoms with Crippen LogP contribution in [0, 0.1) is 52.4 Å². The minimum atomic E-state index is -1.25. The van der Waals surface area contributed by atoms with Gasteiger partial charge in [-0.2, -0.15) is 4.39 Å². The molecule has 4 saturated carbocycles. The molecule has 0 unspecified atom stereocenters. The SMILES string of the molecule is C[C@@H](CCCCCCC(CO)(CO)CO)COc1ccc(-c2ccc([C@]34CC5CC(C[C@H](C5)C3)C4)c(F)c2F)c(F)c1F. The van der Waals surface area contributed by atoms with Gasteiger partial charge in [0.2, 0.25) is 5.82 Å². The maximum Gasteiger partial charge on any atom is 0.201 e. The smallest absolute Gasteiger partial charge is 0.201 e. The Kier molecular flexibility index (Phi) is 10.1. The molecule has 0 spiro atoms. The second-order valence-corrected chi connectivity index (χ2v) is 14.1. The van der Waals surface area contributed by atoms with Crippen molar-refractivity contribution in [3.8, 4) is 16.9 Å². The van der Waals surface area contributed by atoms with Crippen LogP contribution in [0.3, 0.4) is 0 Å². The highest BCUT2D eigenvalue weighted by atomic mass is 19.2. The lowest BCUT2D eigenvalue weighted by Gasteiger charge is -2.57. The minimum absolute atomic E-state index is 0.0808. The van der Waals surface area contributed by atoms with Gasteiger partial charge in [-0.3, -0.25) is 0 Å². The summed E-state index contributed by atoms with van der Waals surface area (Å²) in [5, 5.41) is 28.2. The van der Waals surface area contributed by atoms with E-state index in [1.54, 1.807) is 6.07 Å². The number of ether oxygens (including phenoxy) is 1. The first kappa shape index (κ1) is 32.2. The zero-order chi connectivity index (χ0) is 30.8. The zero-order valence-electron chi connectivity index (χ0n) is 25.2. The van der Waals surface area contributed by atoms with Crippen molar-refractivity contribution in [2.24, 2.45) is 29.1 Å². The standard InChI is InChI=1S/C35H46F4O4/c1-22(6-4-2-3-5-11-34(19-40,20-41)21-42)18-43-29-10-8-27(31(37)33(29)39)26-7-9-28(32(38)30(26)36)35-15-23-12-24(16-35)14-25(13-23)17-35/h7-10,22-25,40-42H,2-6,11-21H2,1H3/t22-,23-,24?,25?,35-/m0/s1. The molecule has 2 aromatic rings. The van der Waals surface area contributed by atoms with Gasteiger partial charge in [-0.05, 0) is 98.1 Å². The van der Waals surface area contributed by atoms with Crippen molar-refractivity contribution < 1.29 is 37.6 Å². The Hall–Kier alpha value is -2.16. The lowest BCUT2D eigenvalue weighted by Crippen LogP contribution is -2.49. The van der Waals surface area contributed by atoms with Gasteiger partial charge in [-0.15, -0.1) is 0 Å². The Balaban J connectivity index is 1.16. The van der Waals surface area contributed by atoms with Crippen LogP contribution < -0.4 is 4.74 Å². The lowest BCUT2D eigenvalue weighted by atomic mass is 9.48. The molecule has 0 amide bonds. The van der Waals surface area contributed by atoms with Crippen LogP contribution >= 0.6 is 0 Å². The summed E-state index contributed by atoms with van der Waals surface area (Å²) in [6.07, 6.45) is 11.0. The summed E-state index contributed by atoms with van der Waals surface area (Å²) >= 11 is 0. The highest BCUT2D eigenvalue weighted by Gasteiger charge is 2.52. The molecular formula is C35H46F4O4. The molecular weight excluding hydrogens is 560 g/mol. The average molecular weight is 607 g/mol. The van der Waals surface area contributed by atoms with Crippen LogP contribution in [-0.2, 0) is 5.41 Å². The van der Waals surface area contributed by atoms with E-state index in [1.165, 1.54) is 37.5 Å². The van der Waals surface area contributed by atoms with Gasteiger partial charge in [0, 0.05) is 16.5 Å². The van der Waals surface area contributed by atoms with Gasteiger partial charge < -0.3 is 20.1 Å². The lowest BCUT2D eigenvalue weighted by molar-refractivity contribution is -0.00701. The Bertz CT molecular complexity index is 1220. The molecule has 0 aromatic heterocycles. The molecule has 3 N–H and O–H groups in total. The number of benzene rings is 2. The van der Waals surface area contributed by atoms with Crippen LogP contribution in [0.25, 0.3) is 11.1 Å². The number of rotatable bonds is 15. The second kappa shape index (κ2) is 13.5. The van der Waals surface area contributed by atoms with Gasteiger partial charge in [-0.25, -0.2) is 13.2 Å². The van der Waals surface area contributed by atoms with Crippen molar-refractivity contribution >= 4 is 0 Å². The van der Waals surface area contributed by atoms with Gasteiger partial charge in [0.15, 0.2) is 23.2 Å². The van der Waals surface area contributed by atoms with Crippen LogP contribution in [0.15, 0.2) is 24.3 Å². The fourth-order valence-corrected chi connectivity index (χ4v) is 8.51. The fraction of sp³-hybridized carbons (Fsp3) is 0.657. The molecule has 4 nitrogen and oxygen atoms in total. The first-order valence-corrected chi connectivity index (χ1v) is 16.1. The summed E-state index contributed by atoms with van der Waals surface area (Å²) in [5.41, 5.74) is -1.39. The molecule has 0 heterocycles. The summed E-state index contributed by atoms with van der Waals surface area (Å²) in [5.74, 6) is -2.99. The summed E-state index contributed by atoms with van der Waals surface area (Å²) in [6.45, 7) is 1.37. The van der Waals surface area contributed by atoms with Gasteiger partial charge in [0.1, 0.15) is 0 Å². The van der Waals surface area contributed by atoms with Crippen molar-refractivity contribution in [2.45, 2.75) is 89.4 Å². The Morgan fingerprint density at radius 3 is 1.86 bits per heavy atom. The maximum atomic E-state index is 15.6. The van der Waals surface area contributed by atoms with Crippen molar-refractivity contribution in [3.05, 3.63) is 53.1 Å². The molecule has 4 fully saturated rings. The van der Waals surface area contributed by atoms with E-state index in [1.807, 2.05) is 6.92 Å². The topological polar surface area (TPSA) is 69.9 Å². The third-order valence-corrected chi connectivity index (χ3v) is 10.7. The maximum absolute atomic E-state index is 15.6. The average Bonchev–Trinajstić information content (AvgIpc) is 2.99. The van der Waals surface area contributed by atoms with Crippen LogP contribution in [0.5, 0.6) is 5.75 Å². The predicted molar refractivity (Wildman–Crippen MR) is 158 cm³/mol. The van der Waals surface area contributed by atoms with Crippen molar-refractivity contribution in [1.29, 1.82) is 0 Å². The Morgan fingerprint density at radius 2 is 1.28 bits per heavy atom. The molecule has 238 valence electrons. The molecule has 4 aliphatic rings. The van der Waals surface area contributed by atoms with Gasteiger partial charge in [-0.1, -0.05) is 44.7 Å². The highest BCUT2D eigenvalue weighted by molar-refractivity contribution is 5.67. The van der Waals surface area contributed by atoms with Gasteiger partial charge in [0.25, 0.3) is 0 Å². The van der Waals surface area contributed by atoms with Crippen LogP contribution in [0.4, 0.5) is 17.6 Å². The second-order valence-electron chi connectivity index (χ2n) is 14.1. The molecule has 0 radical (unpaired) electrons. The molecule has 1 atom stereocenters. The van der Waals surface area contributed by atoms with E-state index >= 15 is 17.6 Å². The van der Waals surface area contributed by atoms with E-state index < -0.39 is 28.7 Å². The van der Waals surface area contributed by atoms with E-state index in [0.29, 0.717) is 29.7 Å². The monoisotopic (exact) mass is 606 g/mol. The largest absolute Gasteiger partial charge is 0.490 e. The first-order chi connectivity index (χ1) is 20.6. The first-order valence-electron chi connectivity index (χ1n) is 16.1. The number of hydrogen-bond donors (Lipinski definition) is 3. The van der Waals surface area contributed by atoms with Gasteiger partial charge in [0.05, 0.1) is 26.4 Å². The molecule has 6 rings (SSSR count). The number of unbranched alkanes of at least 4 members (excludes halogenated alkanes) is 3. The molecule has 0 aliphatic heterocycles. The number of hydrogen-bond acceptors (Lipinski definition) is 4. The third-order valence-electron chi connectivity index (χ3n) is 10.7. The van der Waals surface area contributed by atoms with E-state index in [2.05, 4.69) is 0 Å². The number of halogens is 4. The van der Waals surface area contributed by atoms with Crippen molar-refractivity contribution in [3.63, 3.8) is 0 Å². The molecule has 4 aliphatic carbocycles. The fourth-order valence-electron chi connectivity index (χ4n) is 8.51. The van der Waals surface area contributed by atoms with Gasteiger partial charge >= 0.3 is 0 Å². The van der Waals surface area contributed by atoms with E-state index in [0.717, 1.165) is 51.4 Å². The summed E-state index contributed by atoms with van der Waals surface area (Å²) < 4.78 is 66.9. The number of aliphatic hydroxyl groups is 3. The van der Waals surface area contributed by atoms with Crippen LogP contribution in [0.1, 0.15) is 89.5 Å². The minimum Gasteiger partial charge on any atom is -0.490 e. The molecule has 4 bridgehead atoms. The highest BCUT2D eigenvalue weighted by Crippen LogP contribution is 2.61. The quantitative estimate of drug-likeness (QED) is 0.144. The number of aliphatic hydroxyl groups excluding tert-OH is 3. The third kappa shape index (κ3) is 6.62. The summed E-state index contributed by atoms with van der Waals surface area (Å²) in [7, 11) is 0. The van der Waals surface area contributed by atoms with Crippen molar-refractivity contribution in [1.82, 2.24) is 0 Å². The zero-order valence-corrected chi connectivity index (χ0v) is 25.2. The summed E-state index contributed by atoms with van der Waals surface area (Å²) in [4.78, 5) is 0. The van der Waals surface area contributed by atoms with E-state index in [-0.39, 0.29) is 54.6 Å². The normalized spacial score (nSPS) is 25.3. The Morgan fingerprint density at radius 1 is 0.744 bits per heavy atom. The molecule has 0 saturated heterocycles. The summed E-state index contributed by atoms with van der Waals surface area (Å²) in [6, 6.07) is 5.54. The van der Waals surface area contributed by atoms with Crippen molar-refractivity contribution in [2.75, 3.05) is 26.4 Å². The van der Waals surface area contributed by atoms with Crippen LogP contribution in [-0.4, -0.2) is 41.7 Å². The predicted octanol–water partition coefficient (Wildman–Crippen LogP) is 7.70.